The van der Waals surface area contributed by atoms with Gasteiger partial charge in [0.05, 0.1) is 11.9 Å². The van der Waals surface area contributed by atoms with Crippen molar-refractivity contribution in [3.05, 3.63) is 72.1 Å². The third-order valence-corrected chi connectivity index (χ3v) is 6.02. The summed E-state index contributed by atoms with van der Waals surface area (Å²) < 4.78 is 6.72. The molecule has 2 amide bonds. The average molecular weight is 463 g/mol. The van der Waals surface area contributed by atoms with Crippen LogP contribution >= 0.6 is 0 Å². The van der Waals surface area contributed by atoms with Crippen molar-refractivity contribution in [3.8, 4) is 11.1 Å². The quantitative estimate of drug-likeness (QED) is 0.493. The Kier molecular flexibility index (Phi) is 6.10. The van der Waals surface area contributed by atoms with Crippen LogP contribution in [0.5, 0.6) is 0 Å². The van der Waals surface area contributed by atoms with E-state index >= 15 is 0 Å². The van der Waals surface area contributed by atoms with Gasteiger partial charge in [0.25, 0.3) is 0 Å². The van der Waals surface area contributed by atoms with Crippen LogP contribution in [0.2, 0.25) is 0 Å². The standard InChI is InChI=1S/C25H26N4O5/c1-15(22(30)28-16-12-26-29(13-16)25(2,3)23(31)32)27-24(33)34-14-21-19-10-6-4-8-17(19)18-9-5-7-11-20(18)21/h4-13,15,21H,14H2,1-3H3,(H,27,33)(H,28,30)(H,31,32)/t15-/m0/s1. The first-order chi connectivity index (χ1) is 16.2. The topological polar surface area (TPSA) is 123 Å². The summed E-state index contributed by atoms with van der Waals surface area (Å²) >= 11 is 0. The van der Waals surface area contributed by atoms with Gasteiger partial charge in [-0.15, -0.1) is 0 Å². The Bertz CT molecular complexity index is 1200. The minimum atomic E-state index is -1.27. The molecule has 0 saturated carbocycles. The van der Waals surface area contributed by atoms with Gasteiger partial charge in [-0.2, -0.15) is 5.10 Å². The SMILES string of the molecule is C[C@H](NC(=O)OCC1c2ccccc2-c2ccccc21)C(=O)Nc1cnn(C(C)(C)C(=O)O)c1. The highest BCUT2D eigenvalue weighted by Gasteiger charge is 2.31. The van der Waals surface area contributed by atoms with Crippen molar-refractivity contribution in [1.82, 2.24) is 15.1 Å². The lowest BCUT2D eigenvalue weighted by atomic mass is 9.98. The van der Waals surface area contributed by atoms with Gasteiger partial charge < -0.3 is 20.5 Å². The van der Waals surface area contributed by atoms with Gasteiger partial charge in [0.15, 0.2) is 5.54 Å². The molecule has 9 nitrogen and oxygen atoms in total. The number of carbonyl (C=O) groups excluding carboxylic acids is 2. The van der Waals surface area contributed by atoms with Crippen LogP contribution in [0.15, 0.2) is 60.9 Å². The molecule has 3 N–H and O–H groups in total. The van der Waals surface area contributed by atoms with E-state index in [-0.39, 0.29) is 12.5 Å². The van der Waals surface area contributed by atoms with Crippen molar-refractivity contribution in [2.45, 2.75) is 38.3 Å². The van der Waals surface area contributed by atoms with Crippen molar-refractivity contribution < 1.29 is 24.2 Å². The molecule has 0 fully saturated rings. The monoisotopic (exact) mass is 462 g/mol. The highest BCUT2D eigenvalue weighted by atomic mass is 16.5. The highest BCUT2D eigenvalue weighted by Crippen LogP contribution is 2.44. The van der Waals surface area contributed by atoms with E-state index < -0.39 is 29.6 Å². The van der Waals surface area contributed by atoms with Gasteiger partial charge in [0, 0.05) is 12.1 Å². The number of aromatic nitrogens is 2. The summed E-state index contributed by atoms with van der Waals surface area (Å²) in [5.41, 5.74) is 3.51. The van der Waals surface area contributed by atoms with Crippen LogP contribution in [-0.2, 0) is 19.9 Å². The highest BCUT2D eigenvalue weighted by molar-refractivity contribution is 5.96. The van der Waals surface area contributed by atoms with Gasteiger partial charge in [-0.3, -0.25) is 9.48 Å². The molecular weight excluding hydrogens is 436 g/mol. The molecule has 0 unspecified atom stereocenters. The number of nitrogens with zero attached hydrogens (tertiary/aromatic N) is 2. The summed E-state index contributed by atoms with van der Waals surface area (Å²) in [4.78, 5) is 36.3. The van der Waals surface area contributed by atoms with Gasteiger partial charge in [0.2, 0.25) is 5.91 Å². The van der Waals surface area contributed by atoms with Gasteiger partial charge in [0.1, 0.15) is 12.6 Å². The molecule has 34 heavy (non-hydrogen) atoms. The second-order valence-corrected chi connectivity index (χ2v) is 8.72. The average Bonchev–Trinajstić information content (AvgIpc) is 3.41. The molecule has 0 bridgehead atoms. The summed E-state index contributed by atoms with van der Waals surface area (Å²) in [5.74, 6) is -1.62. The molecule has 2 aromatic carbocycles. The first kappa shape index (κ1) is 23.0. The summed E-state index contributed by atoms with van der Waals surface area (Å²) in [6, 6.07) is 15.2. The Morgan fingerprint density at radius 1 is 1.09 bits per heavy atom. The van der Waals surface area contributed by atoms with Crippen LogP contribution < -0.4 is 10.6 Å². The van der Waals surface area contributed by atoms with Crippen LogP contribution in [0.25, 0.3) is 11.1 Å². The fraction of sp³-hybridized carbons (Fsp3) is 0.280. The fourth-order valence-electron chi connectivity index (χ4n) is 3.92. The molecule has 1 atom stereocenters. The van der Waals surface area contributed by atoms with E-state index in [2.05, 4.69) is 27.9 Å². The lowest BCUT2D eigenvalue weighted by Gasteiger charge is -2.19. The number of benzene rings is 2. The molecular formula is C25H26N4O5. The number of hydrogen-bond donors (Lipinski definition) is 3. The number of carboxylic acids is 1. The van der Waals surface area contributed by atoms with E-state index in [0.717, 1.165) is 22.3 Å². The molecule has 9 heteroatoms. The molecule has 1 heterocycles. The normalized spacial score (nSPS) is 13.5. The maximum Gasteiger partial charge on any atom is 0.407 e. The number of amides is 2. The Hall–Kier alpha value is -4.14. The molecule has 0 saturated heterocycles. The van der Waals surface area contributed by atoms with Crippen molar-refractivity contribution in [2.24, 2.45) is 0 Å². The first-order valence-electron chi connectivity index (χ1n) is 10.9. The third kappa shape index (κ3) is 4.36. The van der Waals surface area contributed by atoms with E-state index in [1.165, 1.54) is 37.8 Å². The van der Waals surface area contributed by atoms with Crippen LogP contribution in [-0.4, -0.2) is 45.5 Å². The number of rotatable bonds is 7. The van der Waals surface area contributed by atoms with Crippen molar-refractivity contribution in [2.75, 3.05) is 11.9 Å². The number of hydrogen-bond acceptors (Lipinski definition) is 5. The van der Waals surface area contributed by atoms with E-state index in [9.17, 15) is 19.5 Å². The van der Waals surface area contributed by atoms with Gasteiger partial charge in [-0.05, 0) is 43.0 Å². The minimum Gasteiger partial charge on any atom is -0.479 e. The van der Waals surface area contributed by atoms with Gasteiger partial charge in [-0.1, -0.05) is 48.5 Å². The van der Waals surface area contributed by atoms with Crippen LogP contribution in [0.4, 0.5) is 10.5 Å². The zero-order chi connectivity index (χ0) is 24.5. The van der Waals surface area contributed by atoms with Crippen LogP contribution in [0, 0.1) is 0 Å². The molecule has 0 spiro atoms. The zero-order valence-corrected chi connectivity index (χ0v) is 19.1. The maximum atomic E-state index is 12.5. The van der Waals surface area contributed by atoms with E-state index in [4.69, 9.17) is 4.74 Å². The predicted molar refractivity (Wildman–Crippen MR) is 125 cm³/mol. The predicted octanol–water partition coefficient (Wildman–Crippen LogP) is 3.57. The summed E-state index contributed by atoms with van der Waals surface area (Å²) in [6.07, 6.45) is 2.07. The Balaban J connectivity index is 1.34. The summed E-state index contributed by atoms with van der Waals surface area (Å²) in [5, 5.41) is 18.5. The van der Waals surface area contributed by atoms with Gasteiger partial charge >= 0.3 is 12.1 Å². The Labute approximate surface area is 196 Å². The second kappa shape index (κ2) is 9.01. The number of fused-ring (bicyclic) bond motifs is 3. The van der Waals surface area contributed by atoms with Crippen LogP contribution in [0.3, 0.4) is 0 Å². The lowest BCUT2D eigenvalue weighted by Crippen LogP contribution is -2.42. The van der Waals surface area contributed by atoms with Gasteiger partial charge in [-0.25, -0.2) is 9.59 Å². The fourth-order valence-corrected chi connectivity index (χ4v) is 3.92. The second-order valence-electron chi connectivity index (χ2n) is 8.72. The Morgan fingerprint density at radius 2 is 1.68 bits per heavy atom. The number of aliphatic carboxylic acids is 1. The lowest BCUT2D eigenvalue weighted by molar-refractivity contribution is -0.146. The number of ether oxygens (including phenoxy) is 1. The first-order valence-corrected chi connectivity index (χ1v) is 10.9. The molecule has 0 radical (unpaired) electrons. The molecule has 1 aromatic heterocycles. The molecule has 3 aromatic rings. The minimum absolute atomic E-state index is 0.0780. The van der Waals surface area contributed by atoms with E-state index in [1.54, 1.807) is 0 Å². The van der Waals surface area contributed by atoms with Crippen molar-refractivity contribution >= 4 is 23.7 Å². The van der Waals surface area contributed by atoms with Crippen LogP contribution in [0.1, 0.15) is 37.8 Å². The molecule has 1 aliphatic carbocycles. The Morgan fingerprint density at radius 3 is 2.26 bits per heavy atom. The summed E-state index contributed by atoms with van der Waals surface area (Å²) in [7, 11) is 0. The molecule has 176 valence electrons. The van der Waals surface area contributed by atoms with Crippen molar-refractivity contribution in [1.29, 1.82) is 0 Å². The molecule has 1 aliphatic rings. The smallest absolute Gasteiger partial charge is 0.407 e. The zero-order valence-electron chi connectivity index (χ0n) is 19.1. The molecule has 0 aliphatic heterocycles. The maximum absolute atomic E-state index is 12.5. The van der Waals surface area contributed by atoms with E-state index in [1.807, 2.05) is 36.4 Å². The number of anilines is 1. The number of carbonyl (C=O) groups is 3. The number of nitrogens with one attached hydrogen (secondary N) is 2. The molecule has 4 rings (SSSR count). The van der Waals surface area contributed by atoms with Crippen molar-refractivity contribution in [3.63, 3.8) is 0 Å². The summed E-state index contributed by atoms with van der Waals surface area (Å²) in [6.45, 7) is 4.66. The largest absolute Gasteiger partial charge is 0.479 e. The number of carboxylic acid groups (broad SMARTS) is 1. The number of alkyl carbamates (subject to hydrolysis) is 1. The van der Waals surface area contributed by atoms with E-state index in [0.29, 0.717) is 5.69 Å². The third-order valence-electron chi connectivity index (χ3n) is 6.02.